The number of aromatic nitrogens is 1. The Labute approximate surface area is 126 Å². The number of nitrogens with zero attached hydrogens (tertiary/aromatic N) is 1. The molecule has 0 fully saturated rings. The van der Waals surface area contributed by atoms with Crippen molar-refractivity contribution in [2.45, 2.75) is 33.2 Å². The Morgan fingerprint density at radius 1 is 1.19 bits per heavy atom. The molecule has 112 valence electrons. The molecule has 0 aliphatic rings. The summed E-state index contributed by atoms with van der Waals surface area (Å²) in [6, 6.07) is 11.8. The van der Waals surface area contributed by atoms with E-state index in [1.165, 1.54) is 23.4 Å². The molecular formula is C18H23FN2. The summed E-state index contributed by atoms with van der Waals surface area (Å²) in [4.78, 5) is 4.23. The summed E-state index contributed by atoms with van der Waals surface area (Å²) < 4.78 is 13.1. The van der Waals surface area contributed by atoms with Crippen molar-refractivity contribution >= 4 is 0 Å². The minimum absolute atomic E-state index is 0.00251. The third-order valence-electron chi connectivity index (χ3n) is 3.38. The van der Waals surface area contributed by atoms with E-state index >= 15 is 0 Å². The van der Waals surface area contributed by atoms with Crippen molar-refractivity contribution < 1.29 is 4.39 Å². The van der Waals surface area contributed by atoms with E-state index in [1.807, 2.05) is 0 Å². The molecule has 1 aromatic carbocycles. The van der Waals surface area contributed by atoms with Gasteiger partial charge in [0.1, 0.15) is 5.82 Å². The van der Waals surface area contributed by atoms with Crippen LogP contribution in [0.4, 0.5) is 4.39 Å². The Bertz CT molecular complexity index is 564. The van der Waals surface area contributed by atoms with E-state index in [0.717, 1.165) is 18.7 Å². The van der Waals surface area contributed by atoms with Gasteiger partial charge in [0.15, 0.2) is 0 Å². The van der Waals surface area contributed by atoms with Gasteiger partial charge in [0.25, 0.3) is 0 Å². The molecule has 1 heterocycles. The van der Waals surface area contributed by atoms with Crippen molar-refractivity contribution in [3.05, 3.63) is 65.2 Å². The molecule has 1 aromatic heterocycles. The van der Waals surface area contributed by atoms with Crippen LogP contribution in [0.25, 0.3) is 0 Å². The lowest BCUT2D eigenvalue weighted by Crippen LogP contribution is -2.23. The first-order chi connectivity index (χ1) is 10.1. The third kappa shape index (κ3) is 4.36. The van der Waals surface area contributed by atoms with E-state index < -0.39 is 0 Å². The van der Waals surface area contributed by atoms with Crippen LogP contribution in [0.5, 0.6) is 0 Å². The van der Waals surface area contributed by atoms with Gasteiger partial charge in [0.2, 0.25) is 0 Å². The number of pyridine rings is 1. The zero-order valence-corrected chi connectivity index (χ0v) is 12.9. The van der Waals surface area contributed by atoms with E-state index in [0.29, 0.717) is 5.92 Å². The van der Waals surface area contributed by atoms with E-state index in [4.69, 9.17) is 0 Å². The molecule has 3 heteroatoms. The lowest BCUT2D eigenvalue weighted by molar-refractivity contribution is 0.593. The Balaban J connectivity index is 2.31. The van der Waals surface area contributed by atoms with Gasteiger partial charge in [-0.05, 0) is 42.1 Å². The molecule has 2 rings (SSSR count). The van der Waals surface area contributed by atoms with Gasteiger partial charge in [-0.25, -0.2) is 4.39 Å². The van der Waals surface area contributed by atoms with E-state index in [-0.39, 0.29) is 11.9 Å². The number of halogens is 1. The number of rotatable bonds is 6. The molecule has 1 atom stereocenters. The van der Waals surface area contributed by atoms with Crippen LogP contribution in [0.1, 0.15) is 43.6 Å². The molecule has 1 N–H and O–H groups in total. The van der Waals surface area contributed by atoms with Crippen LogP contribution < -0.4 is 5.32 Å². The summed E-state index contributed by atoms with van der Waals surface area (Å²) in [7, 11) is 0. The predicted octanol–water partition coefficient (Wildman–Crippen LogP) is 4.12. The lowest BCUT2D eigenvalue weighted by atomic mass is 9.96. The highest BCUT2D eigenvalue weighted by atomic mass is 19.1. The minimum atomic E-state index is -0.303. The van der Waals surface area contributed by atoms with Crippen molar-refractivity contribution in [3.8, 4) is 0 Å². The van der Waals surface area contributed by atoms with Gasteiger partial charge in [0, 0.05) is 0 Å². The zero-order valence-electron chi connectivity index (χ0n) is 12.9. The Kier molecular flexibility index (Phi) is 5.45. The first-order valence-corrected chi connectivity index (χ1v) is 7.53. The van der Waals surface area contributed by atoms with Crippen LogP contribution in [0.3, 0.4) is 0 Å². The largest absolute Gasteiger partial charge is 0.305 e. The van der Waals surface area contributed by atoms with Crippen LogP contribution >= 0.6 is 0 Å². The monoisotopic (exact) mass is 286 g/mol. The molecule has 0 amide bonds. The third-order valence-corrected chi connectivity index (χ3v) is 3.38. The fourth-order valence-corrected chi connectivity index (χ4v) is 2.53. The smallest absolute Gasteiger partial charge is 0.141 e. The van der Waals surface area contributed by atoms with Gasteiger partial charge in [-0.1, -0.05) is 45.0 Å². The van der Waals surface area contributed by atoms with E-state index in [1.54, 1.807) is 6.07 Å². The summed E-state index contributed by atoms with van der Waals surface area (Å²) in [5.74, 6) is 0.323. The van der Waals surface area contributed by atoms with Gasteiger partial charge in [-0.2, -0.15) is 0 Å². The lowest BCUT2D eigenvalue weighted by Gasteiger charge is -2.19. The SMILES string of the molecule is CCNC(c1cccc(CC(C)C)c1)c1ccc(F)cn1. The van der Waals surface area contributed by atoms with E-state index in [9.17, 15) is 4.39 Å². The average Bonchev–Trinajstić information content (AvgIpc) is 2.45. The highest BCUT2D eigenvalue weighted by Gasteiger charge is 2.15. The topological polar surface area (TPSA) is 24.9 Å². The minimum Gasteiger partial charge on any atom is -0.305 e. The zero-order chi connectivity index (χ0) is 15.2. The quantitative estimate of drug-likeness (QED) is 0.864. The van der Waals surface area contributed by atoms with Gasteiger partial charge < -0.3 is 5.32 Å². The highest BCUT2D eigenvalue weighted by molar-refractivity contribution is 5.31. The van der Waals surface area contributed by atoms with Crippen molar-refractivity contribution in [2.24, 2.45) is 5.92 Å². The molecule has 0 aliphatic heterocycles. The van der Waals surface area contributed by atoms with Gasteiger partial charge >= 0.3 is 0 Å². The maximum Gasteiger partial charge on any atom is 0.141 e. The van der Waals surface area contributed by atoms with Gasteiger partial charge in [-0.15, -0.1) is 0 Å². The van der Waals surface area contributed by atoms with Crippen LogP contribution in [-0.4, -0.2) is 11.5 Å². The standard InChI is InChI=1S/C18H23FN2/c1-4-20-18(17-9-8-16(19)12-21-17)15-7-5-6-14(11-15)10-13(2)3/h5-9,11-13,18,20H,4,10H2,1-3H3. The van der Waals surface area contributed by atoms with Crippen LogP contribution in [0, 0.1) is 11.7 Å². The summed E-state index contributed by atoms with van der Waals surface area (Å²) in [6.07, 6.45) is 2.33. The molecule has 2 nitrogen and oxygen atoms in total. The molecular weight excluding hydrogens is 263 g/mol. The second kappa shape index (κ2) is 7.32. The molecule has 0 saturated carbocycles. The van der Waals surface area contributed by atoms with Crippen molar-refractivity contribution in [2.75, 3.05) is 6.54 Å². The molecule has 0 saturated heterocycles. The molecule has 1 unspecified atom stereocenters. The Hall–Kier alpha value is -1.74. The van der Waals surface area contributed by atoms with Gasteiger partial charge in [-0.3, -0.25) is 4.98 Å². The molecule has 0 spiro atoms. The normalized spacial score (nSPS) is 12.6. The fraction of sp³-hybridized carbons (Fsp3) is 0.389. The van der Waals surface area contributed by atoms with Crippen molar-refractivity contribution in [3.63, 3.8) is 0 Å². The number of hydrogen-bond donors (Lipinski definition) is 1. The number of nitrogens with one attached hydrogen (secondary N) is 1. The molecule has 0 aliphatic carbocycles. The fourth-order valence-electron chi connectivity index (χ4n) is 2.53. The first kappa shape index (κ1) is 15.6. The maximum absolute atomic E-state index is 13.1. The van der Waals surface area contributed by atoms with E-state index in [2.05, 4.69) is 55.3 Å². The second-order valence-corrected chi connectivity index (χ2v) is 5.73. The number of benzene rings is 1. The number of hydrogen-bond acceptors (Lipinski definition) is 2. The molecule has 0 radical (unpaired) electrons. The van der Waals surface area contributed by atoms with Crippen LogP contribution in [0.2, 0.25) is 0 Å². The highest BCUT2D eigenvalue weighted by Crippen LogP contribution is 2.22. The predicted molar refractivity (Wildman–Crippen MR) is 84.7 cm³/mol. The summed E-state index contributed by atoms with van der Waals surface area (Å²) in [5.41, 5.74) is 3.35. The average molecular weight is 286 g/mol. The van der Waals surface area contributed by atoms with Gasteiger partial charge in [0.05, 0.1) is 17.9 Å². The van der Waals surface area contributed by atoms with Crippen molar-refractivity contribution in [1.29, 1.82) is 0 Å². The second-order valence-electron chi connectivity index (χ2n) is 5.73. The molecule has 2 aromatic rings. The molecule has 21 heavy (non-hydrogen) atoms. The van der Waals surface area contributed by atoms with Crippen molar-refractivity contribution in [1.82, 2.24) is 10.3 Å². The first-order valence-electron chi connectivity index (χ1n) is 7.53. The summed E-state index contributed by atoms with van der Waals surface area (Å²) in [6.45, 7) is 7.33. The summed E-state index contributed by atoms with van der Waals surface area (Å²) >= 11 is 0. The Morgan fingerprint density at radius 3 is 2.62 bits per heavy atom. The molecule has 0 bridgehead atoms. The summed E-state index contributed by atoms with van der Waals surface area (Å²) in [5, 5.41) is 3.43. The Morgan fingerprint density at radius 2 is 2.00 bits per heavy atom. The maximum atomic E-state index is 13.1. The van der Waals surface area contributed by atoms with Crippen LogP contribution in [0.15, 0.2) is 42.6 Å². The van der Waals surface area contributed by atoms with Crippen LogP contribution in [-0.2, 0) is 6.42 Å².